The summed E-state index contributed by atoms with van der Waals surface area (Å²) < 4.78 is 29.2. The molecule has 25 heavy (non-hydrogen) atoms. The predicted molar refractivity (Wildman–Crippen MR) is 91.6 cm³/mol. The molecule has 0 aliphatic rings. The van der Waals surface area contributed by atoms with Gasteiger partial charge in [-0.05, 0) is 24.2 Å². The molecule has 134 valence electrons. The summed E-state index contributed by atoms with van der Waals surface area (Å²) in [5.41, 5.74) is 8.45. The Balaban J connectivity index is 2.43. The highest BCUT2D eigenvalue weighted by molar-refractivity contribution is 5.79. The maximum Gasteiger partial charge on any atom is 0.387 e. The van der Waals surface area contributed by atoms with Crippen molar-refractivity contribution in [2.24, 2.45) is 5.18 Å². The van der Waals surface area contributed by atoms with Crippen LogP contribution >= 0.6 is 0 Å². The highest BCUT2D eigenvalue weighted by Gasteiger charge is 2.17. The van der Waals surface area contributed by atoms with Crippen molar-refractivity contribution in [1.82, 2.24) is 9.97 Å². The fourth-order valence-electron chi connectivity index (χ4n) is 2.45. The van der Waals surface area contributed by atoms with Gasteiger partial charge in [0.15, 0.2) is 11.6 Å². The first-order chi connectivity index (χ1) is 11.9. The summed E-state index contributed by atoms with van der Waals surface area (Å²) >= 11 is 0. The first-order valence-electron chi connectivity index (χ1n) is 7.33. The quantitative estimate of drug-likeness (QED) is 0.656. The third-order valence-corrected chi connectivity index (χ3v) is 3.59. The van der Waals surface area contributed by atoms with Gasteiger partial charge < -0.3 is 21.1 Å². The van der Waals surface area contributed by atoms with Crippen molar-refractivity contribution in [1.29, 1.82) is 0 Å². The number of alkyl halides is 2. The molecule has 0 aliphatic carbocycles. The third kappa shape index (κ3) is 3.90. The molecular weight excluding hydrogens is 334 g/mol. The van der Waals surface area contributed by atoms with Crippen LogP contribution in [-0.4, -0.2) is 30.7 Å². The van der Waals surface area contributed by atoms with Crippen LogP contribution in [-0.2, 0) is 6.42 Å². The van der Waals surface area contributed by atoms with Crippen molar-refractivity contribution < 1.29 is 13.5 Å². The average molecular weight is 352 g/mol. The normalized spacial score (nSPS) is 10.6. The van der Waals surface area contributed by atoms with Crippen LogP contribution in [0.1, 0.15) is 17.0 Å². The molecule has 0 saturated heterocycles. The lowest BCUT2D eigenvalue weighted by Crippen LogP contribution is -2.09. The molecule has 2 aromatic heterocycles. The van der Waals surface area contributed by atoms with E-state index in [-0.39, 0.29) is 23.1 Å². The Kier molecular flexibility index (Phi) is 5.63. The van der Waals surface area contributed by atoms with Crippen LogP contribution < -0.4 is 21.1 Å². The van der Waals surface area contributed by atoms with Gasteiger partial charge in [0.1, 0.15) is 5.69 Å². The van der Waals surface area contributed by atoms with Crippen molar-refractivity contribution in [3.63, 3.8) is 0 Å². The molecule has 10 heteroatoms. The summed E-state index contributed by atoms with van der Waals surface area (Å²) in [6, 6.07) is 2.98. The minimum absolute atomic E-state index is 0.0510. The first-order valence-corrected chi connectivity index (χ1v) is 7.33. The van der Waals surface area contributed by atoms with Crippen LogP contribution in [0.4, 0.5) is 31.8 Å². The number of hydrogen-bond donors (Lipinski definition) is 3. The molecule has 0 radical (unpaired) electrons. The molecule has 0 aliphatic heterocycles. The number of nitrogen functional groups attached to an aromatic ring is 1. The molecule has 2 rings (SSSR count). The van der Waals surface area contributed by atoms with Crippen molar-refractivity contribution in [2.45, 2.75) is 20.0 Å². The smallest absolute Gasteiger partial charge is 0.387 e. The molecule has 0 fully saturated rings. The van der Waals surface area contributed by atoms with Gasteiger partial charge >= 0.3 is 6.61 Å². The molecular formula is C15H18F2N6O2. The third-order valence-electron chi connectivity index (χ3n) is 3.59. The van der Waals surface area contributed by atoms with Crippen molar-refractivity contribution in [3.8, 4) is 5.75 Å². The van der Waals surface area contributed by atoms with E-state index in [9.17, 15) is 13.7 Å². The Morgan fingerprint density at radius 3 is 2.56 bits per heavy atom. The molecule has 0 unspecified atom stereocenters. The van der Waals surface area contributed by atoms with E-state index in [2.05, 4.69) is 30.5 Å². The highest BCUT2D eigenvalue weighted by Crippen LogP contribution is 2.34. The molecule has 0 saturated carbocycles. The average Bonchev–Trinajstić information content (AvgIpc) is 2.58. The zero-order chi connectivity index (χ0) is 18.6. The van der Waals surface area contributed by atoms with Crippen molar-refractivity contribution >= 4 is 23.0 Å². The fourth-order valence-corrected chi connectivity index (χ4v) is 2.45. The van der Waals surface area contributed by atoms with Crippen LogP contribution in [0.3, 0.4) is 0 Å². The van der Waals surface area contributed by atoms with Gasteiger partial charge in [-0.15, -0.1) is 4.91 Å². The summed E-state index contributed by atoms with van der Waals surface area (Å²) in [6.45, 7) is -1.22. The zero-order valence-electron chi connectivity index (χ0n) is 13.9. The monoisotopic (exact) mass is 352 g/mol. The largest absolute Gasteiger partial charge is 0.431 e. The molecule has 0 amide bonds. The molecule has 2 heterocycles. The summed E-state index contributed by atoms with van der Waals surface area (Å²) in [7, 11) is 3.22. The number of nitroso groups, excluding NO2 is 1. The van der Waals surface area contributed by atoms with E-state index >= 15 is 0 Å². The number of anilines is 3. The minimum Gasteiger partial charge on any atom is -0.431 e. The van der Waals surface area contributed by atoms with Crippen LogP contribution in [0.5, 0.6) is 5.75 Å². The van der Waals surface area contributed by atoms with Gasteiger partial charge in [-0.2, -0.15) is 8.78 Å². The Labute approximate surface area is 142 Å². The number of aromatic nitrogens is 2. The molecule has 0 atom stereocenters. The molecule has 0 spiro atoms. The summed E-state index contributed by atoms with van der Waals surface area (Å²) in [5, 5.41) is 8.47. The fraction of sp³-hybridized carbons (Fsp3) is 0.333. The molecule has 4 N–H and O–H groups in total. The van der Waals surface area contributed by atoms with Gasteiger partial charge in [-0.25, -0.2) is 9.97 Å². The van der Waals surface area contributed by atoms with Gasteiger partial charge in [-0.1, -0.05) is 0 Å². The van der Waals surface area contributed by atoms with E-state index < -0.39 is 6.61 Å². The second-order valence-electron chi connectivity index (χ2n) is 5.08. The van der Waals surface area contributed by atoms with Crippen molar-refractivity contribution in [2.75, 3.05) is 30.5 Å². The first kappa shape index (κ1) is 18.3. The van der Waals surface area contributed by atoms with Crippen LogP contribution in [0.2, 0.25) is 0 Å². The maximum absolute atomic E-state index is 12.4. The molecule has 2 aromatic rings. The van der Waals surface area contributed by atoms with E-state index in [0.717, 1.165) is 5.56 Å². The summed E-state index contributed by atoms with van der Waals surface area (Å²) in [5.74, 6) is 0.0497. The summed E-state index contributed by atoms with van der Waals surface area (Å²) in [4.78, 5) is 19.2. The van der Waals surface area contributed by atoms with Crippen LogP contribution in [0.15, 0.2) is 17.3 Å². The van der Waals surface area contributed by atoms with Gasteiger partial charge in [0.25, 0.3) is 0 Å². The lowest BCUT2D eigenvalue weighted by atomic mass is 10.0. The van der Waals surface area contributed by atoms with Gasteiger partial charge in [0, 0.05) is 37.5 Å². The number of pyridine rings is 2. The van der Waals surface area contributed by atoms with Gasteiger partial charge in [0.05, 0.1) is 5.69 Å². The van der Waals surface area contributed by atoms with E-state index in [1.54, 1.807) is 27.1 Å². The number of nitrogens with two attached hydrogens (primary N) is 1. The number of rotatable bonds is 7. The van der Waals surface area contributed by atoms with E-state index in [4.69, 9.17) is 5.73 Å². The predicted octanol–water partition coefficient (Wildman–Crippen LogP) is 3.04. The Morgan fingerprint density at radius 2 is 2.00 bits per heavy atom. The van der Waals surface area contributed by atoms with Gasteiger partial charge in [-0.3, -0.25) is 0 Å². The lowest BCUT2D eigenvalue weighted by molar-refractivity contribution is -0.0495. The second-order valence-corrected chi connectivity index (χ2v) is 5.08. The number of hydrogen-bond acceptors (Lipinski definition) is 8. The Morgan fingerprint density at radius 1 is 1.28 bits per heavy atom. The highest BCUT2D eigenvalue weighted by atomic mass is 19.3. The van der Waals surface area contributed by atoms with Crippen LogP contribution in [0.25, 0.3) is 0 Å². The Bertz CT molecular complexity index is 785. The van der Waals surface area contributed by atoms with E-state index in [1.807, 2.05) is 0 Å². The van der Waals surface area contributed by atoms with Gasteiger partial charge in [0.2, 0.25) is 5.82 Å². The number of aryl methyl sites for hydroxylation is 1. The number of halogens is 2. The van der Waals surface area contributed by atoms with E-state index in [0.29, 0.717) is 23.5 Å². The van der Waals surface area contributed by atoms with Crippen molar-refractivity contribution in [3.05, 3.63) is 34.0 Å². The SMILES string of the molecule is CNc1nc(Cc2c(C)nc(N=O)c(N)c2NC)ccc1OC(F)F. The zero-order valence-corrected chi connectivity index (χ0v) is 13.9. The minimum atomic E-state index is -2.94. The standard InChI is InChI=1S/C15H18F2N6O2/c1-7-9(12(19-2)11(18)14(21-7)23-24)6-8-4-5-10(25-15(16)17)13(20-3)22-8/h4-5,15H,6,18H2,1-3H3,(H,19,21)(H,20,22). The second kappa shape index (κ2) is 7.69. The maximum atomic E-state index is 12.4. The van der Waals surface area contributed by atoms with E-state index in [1.165, 1.54) is 6.07 Å². The van der Waals surface area contributed by atoms with Crippen LogP contribution in [0, 0.1) is 11.8 Å². The number of nitrogens with one attached hydrogen (secondary N) is 2. The molecule has 8 nitrogen and oxygen atoms in total. The molecule has 0 aromatic carbocycles. The molecule has 0 bridgehead atoms. The lowest BCUT2D eigenvalue weighted by Gasteiger charge is -2.16. The summed E-state index contributed by atoms with van der Waals surface area (Å²) in [6.07, 6.45) is 0.321. The Hall–Kier alpha value is -3.04. The topological polar surface area (TPSA) is 115 Å². The number of ether oxygens (including phenoxy) is 1. The number of nitrogens with zero attached hydrogens (tertiary/aromatic N) is 3.